The van der Waals surface area contributed by atoms with Gasteiger partial charge in [-0.15, -0.1) is 0 Å². The van der Waals surface area contributed by atoms with E-state index in [1.165, 1.54) is 5.56 Å². The van der Waals surface area contributed by atoms with Gasteiger partial charge in [0, 0.05) is 37.3 Å². The average Bonchev–Trinajstić information content (AvgIpc) is 2.67. The number of nitrogens with zero attached hydrogens (tertiary/aromatic N) is 2. The molecule has 0 aliphatic carbocycles. The SMILES string of the molecule is Cc1ccc(C(=O)N2CCN(C(=O)c3ccc(C(C)C)cc3)CC2)c(C)c1. The third kappa shape index (κ3) is 4.21. The number of amides is 2. The van der Waals surface area contributed by atoms with Crippen LogP contribution in [-0.4, -0.2) is 47.8 Å². The molecule has 0 N–H and O–H groups in total. The summed E-state index contributed by atoms with van der Waals surface area (Å²) < 4.78 is 0. The van der Waals surface area contributed by atoms with Crippen LogP contribution in [0.2, 0.25) is 0 Å². The molecule has 3 rings (SSSR count). The van der Waals surface area contributed by atoms with Crippen LogP contribution in [0.5, 0.6) is 0 Å². The molecule has 4 nitrogen and oxygen atoms in total. The van der Waals surface area contributed by atoms with E-state index in [0.29, 0.717) is 37.7 Å². The molecule has 0 aromatic heterocycles. The summed E-state index contributed by atoms with van der Waals surface area (Å²) in [5.74, 6) is 0.554. The van der Waals surface area contributed by atoms with E-state index in [2.05, 4.69) is 13.8 Å². The number of carbonyl (C=O) groups excluding carboxylic acids is 2. The molecule has 2 aromatic carbocycles. The largest absolute Gasteiger partial charge is 0.335 e. The van der Waals surface area contributed by atoms with Gasteiger partial charge in [0.25, 0.3) is 11.8 Å². The molecule has 0 bridgehead atoms. The van der Waals surface area contributed by atoms with Gasteiger partial charge < -0.3 is 9.80 Å². The lowest BCUT2D eigenvalue weighted by Crippen LogP contribution is -2.50. The highest BCUT2D eigenvalue weighted by Gasteiger charge is 2.26. The van der Waals surface area contributed by atoms with E-state index in [0.717, 1.165) is 16.7 Å². The number of hydrogen-bond donors (Lipinski definition) is 0. The first-order valence-corrected chi connectivity index (χ1v) is 9.62. The summed E-state index contributed by atoms with van der Waals surface area (Å²) in [6.07, 6.45) is 0. The first-order valence-electron chi connectivity index (χ1n) is 9.62. The second kappa shape index (κ2) is 7.95. The summed E-state index contributed by atoms with van der Waals surface area (Å²) in [5, 5.41) is 0. The highest BCUT2D eigenvalue weighted by Crippen LogP contribution is 2.18. The zero-order valence-corrected chi connectivity index (χ0v) is 16.7. The smallest absolute Gasteiger partial charge is 0.254 e. The molecule has 1 aliphatic rings. The lowest BCUT2D eigenvalue weighted by molar-refractivity contribution is 0.0535. The zero-order chi connectivity index (χ0) is 19.6. The third-order valence-corrected chi connectivity index (χ3v) is 5.29. The summed E-state index contributed by atoms with van der Waals surface area (Å²) >= 11 is 0. The third-order valence-electron chi connectivity index (χ3n) is 5.29. The van der Waals surface area contributed by atoms with Crippen LogP contribution >= 0.6 is 0 Å². The van der Waals surface area contributed by atoms with Crippen molar-refractivity contribution in [3.8, 4) is 0 Å². The van der Waals surface area contributed by atoms with Crippen molar-refractivity contribution in [1.82, 2.24) is 9.80 Å². The van der Waals surface area contributed by atoms with E-state index in [1.807, 2.05) is 66.1 Å². The van der Waals surface area contributed by atoms with Gasteiger partial charge in [-0.2, -0.15) is 0 Å². The Labute approximate surface area is 161 Å². The van der Waals surface area contributed by atoms with Crippen LogP contribution in [0.3, 0.4) is 0 Å². The van der Waals surface area contributed by atoms with Gasteiger partial charge in [0.15, 0.2) is 0 Å². The topological polar surface area (TPSA) is 40.6 Å². The Morgan fingerprint density at radius 1 is 0.815 bits per heavy atom. The fourth-order valence-corrected chi connectivity index (χ4v) is 3.53. The maximum atomic E-state index is 12.8. The molecule has 1 saturated heterocycles. The fourth-order valence-electron chi connectivity index (χ4n) is 3.53. The Morgan fingerprint density at radius 2 is 1.37 bits per heavy atom. The summed E-state index contributed by atoms with van der Waals surface area (Å²) in [6.45, 7) is 10.6. The molecular weight excluding hydrogens is 336 g/mol. The molecule has 1 aliphatic heterocycles. The first kappa shape index (κ1) is 19.2. The van der Waals surface area contributed by atoms with Crippen LogP contribution in [0.15, 0.2) is 42.5 Å². The number of piperazine rings is 1. The van der Waals surface area contributed by atoms with Crippen molar-refractivity contribution in [2.45, 2.75) is 33.6 Å². The molecule has 1 heterocycles. The van der Waals surface area contributed by atoms with Crippen molar-refractivity contribution in [1.29, 1.82) is 0 Å². The number of rotatable bonds is 3. The standard InChI is InChI=1S/C23H28N2O2/c1-16(2)19-6-8-20(9-7-19)22(26)24-11-13-25(14-12-24)23(27)21-10-5-17(3)15-18(21)4/h5-10,15-16H,11-14H2,1-4H3. The van der Waals surface area contributed by atoms with E-state index >= 15 is 0 Å². The normalized spacial score (nSPS) is 14.6. The molecule has 0 saturated carbocycles. The van der Waals surface area contributed by atoms with Gasteiger partial charge in [0.2, 0.25) is 0 Å². The molecule has 27 heavy (non-hydrogen) atoms. The maximum Gasteiger partial charge on any atom is 0.254 e. The lowest BCUT2D eigenvalue weighted by Gasteiger charge is -2.35. The van der Waals surface area contributed by atoms with E-state index in [1.54, 1.807) is 0 Å². The molecular formula is C23H28N2O2. The van der Waals surface area contributed by atoms with E-state index in [4.69, 9.17) is 0 Å². The van der Waals surface area contributed by atoms with Crippen LogP contribution in [0, 0.1) is 13.8 Å². The summed E-state index contributed by atoms with van der Waals surface area (Å²) in [5.41, 5.74) is 4.86. The number of benzene rings is 2. The van der Waals surface area contributed by atoms with E-state index < -0.39 is 0 Å². The van der Waals surface area contributed by atoms with Crippen LogP contribution in [0.4, 0.5) is 0 Å². The van der Waals surface area contributed by atoms with E-state index in [-0.39, 0.29) is 11.8 Å². The minimum Gasteiger partial charge on any atom is -0.335 e. The van der Waals surface area contributed by atoms with E-state index in [9.17, 15) is 9.59 Å². The van der Waals surface area contributed by atoms with Gasteiger partial charge in [0.1, 0.15) is 0 Å². The molecule has 0 spiro atoms. The Morgan fingerprint density at radius 3 is 1.89 bits per heavy atom. The van der Waals surface area contributed by atoms with Crippen molar-refractivity contribution in [3.63, 3.8) is 0 Å². The van der Waals surface area contributed by atoms with Crippen LogP contribution in [-0.2, 0) is 0 Å². The van der Waals surface area contributed by atoms with Gasteiger partial charge >= 0.3 is 0 Å². The molecule has 0 radical (unpaired) electrons. The van der Waals surface area contributed by atoms with Crippen molar-refractivity contribution in [2.75, 3.05) is 26.2 Å². The molecule has 0 unspecified atom stereocenters. The van der Waals surface area contributed by atoms with Crippen LogP contribution in [0.25, 0.3) is 0 Å². The maximum absolute atomic E-state index is 12.8. The quantitative estimate of drug-likeness (QED) is 0.825. The first-order chi connectivity index (χ1) is 12.9. The lowest BCUT2D eigenvalue weighted by atomic mass is 10.0. The van der Waals surface area contributed by atoms with Crippen molar-refractivity contribution >= 4 is 11.8 Å². The van der Waals surface area contributed by atoms with Crippen molar-refractivity contribution in [2.24, 2.45) is 0 Å². The van der Waals surface area contributed by atoms with Crippen molar-refractivity contribution in [3.05, 3.63) is 70.3 Å². The molecule has 2 aromatic rings. The highest BCUT2D eigenvalue weighted by atomic mass is 16.2. The monoisotopic (exact) mass is 364 g/mol. The number of aryl methyl sites for hydroxylation is 2. The number of carbonyl (C=O) groups is 2. The summed E-state index contributed by atoms with van der Waals surface area (Å²) in [7, 11) is 0. The average molecular weight is 364 g/mol. The number of hydrogen-bond acceptors (Lipinski definition) is 2. The predicted molar refractivity (Wildman–Crippen MR) is 108 cm³/mol. The summed E-state index contributed by atoms with van der Waals surface area (Å²) in [6, 6.07) is 13.8. The van der Waals surface area contributed by atoms with Gasteiger partial charge in [0.05, 0.1) is 0 Å². The second-order valence-electron chi connectivity index (χ2n) is 7.68. The Bertz CT molecular complexity index is 832. The second-order valence-corrected chi connectivity index (χ2v) is 7.68. The Hall–Kier alpha value is -2.62. The predicted octanol–water partition coefficient (Wildman–Crippen LogP) is 4.03. The van der Waals surface area contributed by atoms with Crippen LogP contribution < -0.4 is 0 Å². The van der Waals surface area contributed by atoms with Gasteiger partial charge in [-0.1, -0.05) is 43.7 Å². The Balaban J connectivity index is 1.62. The molecule has 1 fully saturated rings. The molecule has 142 valence electrons. The molecule has 2 amide bonds. The zero-order valence-electron chi connectivity index (χ0n) is 16.7. The Kier molecular flexibility index (Phi) is 5.64. The fraction of sp³-hybridized carbons (Fsp3) is 0.391. The van der Waals surface area contributed by atoms with Crippen molar-refractivity contribution < 1.29 is 9.59 Å². The minimum atomic E-state index is 0.0453. The van der Waals surface area contributed by atoms with Gasteiger partial charge in [-0.3, -0.25) is 9.59 Å². The highest BCUT2D eigenvalue weighted by molar-refractivity contribution is 5.97. The van der Waals surface area contributed by atoms with Gasteiger partial charge in [-0.25, -0.2) is 0 Å². The molecule has 4 heteroatoms. The van der Waals surface area contributed by atoms with Crippen LogP contribution in [0.1, 0.15) is 57.2 Å². The summed E-state index contributed by atoms with van der Waals surface area (Å²) in [4.78, 5) is 29.2. The minimum absolute atomic E-state index is 0.0453. The molecule has 0 atom stereocenters. The van der Waals surface area contributed by atoms with Gasteiger partial charge in [-0.05, 0) is 49.1 Å².